The SMILES string of the molecule is Cc1cc(C)c(C2C(=O)CC(Cc3ccccn3)C2=O)c(C)c1. The molecule has 118 valence electrons. The highest BCUT2D eigenvalue weighted by Crippen LogP contribution is 2.37. The summed E-state index contributed by atoms with van der Waals surface area (Å²) in [5.74, 6) is -0.742. The van der Waals surface area contributed by atoms with Crippen molar-refractivity contribution in [2.45, 2.75) is 39.5 Å². The summed E-state index contributed by atoms with van der Waals surface area (Å²) in [4.78, 5) is 29.7. The number of pyridine rings is 1. The molecule has 0 amide bonds. The van der Waals surface area contributed by atoms with Gasteiger partial charge >= 0.3 is 0 Å². The predicted octanol–water partition coefficient (Wildman–Crippen LogP) is 3.49. The molecule has 0 spiro atoms. The van der Waals surface area contributed by atoms with Crippen molar-refractivity contribution in [3.8, 4) is 0 Å². The van der Waals surface area contributed by atoms with Crippen LogP contribution in [0, 0.1) is 26.7 Å². The monoisotopic (exact) mass is 307 g/mol. The molecular weight excluding hydrogens is 286 g/mol. The molecule has 0 bridgehead atoms. The second-order valence-electron chi connectivity index (χ2n) is 6.54. The minimum atomic E-state index is -0.593. The van der Waals surface area contributed by atoms with E-state index in [1.807, 2.05) is 39.0 Å². The van der Waals surface area contributed by atoms with Crippen LogP contribution in [0.4, 0.5) is 0 Å². The van der Waals surface area contributed by atoms with Crippen LogP contribution < -0.4 is 0 Å². The minimum Gasteiger partial charge on any atom is -0.298 e. The fourth-order valence-corrected chi connectivity index (χ4v) is 3.75. The molecule has 0 aliphatic heterocycles. The fraction of sp³-hybridized carbons (Fsp3) is 0.350. The Morgan fingerprint density at radius 3 is 2.39 bits per heavy atom. The van der Waals surface area contributed by atoms with E-state index in [1.165, 1.54) is 0 Å². The Morgan fingerprint density at radius 2 is 1.78 bits per heavy atom. The van der Waals surface area contributed by atoms with E-state index in [0.29, 0.717) is 12.8 Å². The summed E-state index contributed by atoms with van der Waals surface area (Å²) in [7, 11) is 0. The third-order valence-corrected chi connectivity index (χ3v) is 4.66. The number of hydrogen-bond donors (Lipinski definition) is 0. The van der Waals surface area contributed by atoms with E-state index < -0.39 is 5.92 Å². The van der Waals surface area contributed by atoms with Gasteiger partial charge in [-0.25, -0.2) is 0 Å². The highest BCUT2D eigenvalue weighted by Gasteiger charge is 2.43. The van der Waals surface area contributed by atoms with Crippen LogP contribution in [-0.2, 0) is 16.0 Å². The molecule has 1 fully saturated rings. The average molecular weight is 307 g/mol. The standard InChI is InChI=1S/C20H21NO2/c1-12-8-13(2)18(14(3)9-12)19-17(22)11-15(20(19)23)10-16-6-4-5-7-21-16/h4-9,15,19H,10-11H2,1-3H3. The van der Waals surface area contributed by atoms with Crippen LogP contribution >= 0.6 is 0 Å². The number of hydrogen-bond acceptors (Lipinski definition) is 3. The molecule has 2 unspecified atom stereocenters. The lowest BCUT2D eigenvalue weighted by atomic mass is 9.86. The zero-order valence-corrected chi connectivity index (χ0v) is 13.8. The van der Waals surface area contributed by atoms with Gasteiger partial charge in [-0.3, -0.25) is 14.6 Å². The molecule has 0 saturated heterocycles. The van der Waals surface area contributed by atoms with Crippen LogP contribution in [0.2, 0.25) is 0 Å². The van der Waals surface area contributed by atoms with Crippen molar-refractivity contribution >= 4 is 11.6 Å². The third-order valence-electron chi connectivity index (χ3n) is 4.66. The number of aryl methyl sites for hydroxylation is 3. The largest absolute Gasteiger partial charge is 0.298 e. The Hall–Kier alpha value is -2.29. The van der Waals surface area contributed by atoms with Gasteiger partial charge < -0.3 is 0 Å². The van der Waals surface area contributed by atoms with Crippen LogP contribution in [0.5, 0.6) is 0 Å². The Bertz CT molecular complexity index is 741. The van der Waals surface area contributed by atoms with Gasteiger partial charge in [0.2, 0.25) is 0 Å². The maximum atomic E-state index is 12.9. The summed E-state index contributed by atoms with van der Waals surface area (Å²) in [6.07, 6.45) is 2.60. The van der Waals surface area contributed by atoms with Crippen molar-refractivity contribution in [1.82, 2.24) is 4.98 Å². The number of rotatable bonds is 3. The van der Waals surface area contributed by atoms with Gasteiger partial charge in [0.05, 0.1) is 0 Å². The van der Waals surface area contributed by atoms with Crippen LogP contribution in [0.15, 0.2) is 36.5 Å². The molecule has 0 N–H and O–H groups in total. The van der Waals surface area contributed by atoms with Crippen LogP contribution in [0.3, 0.4) is 0 Å². The van der Waals surface area contributed by atoms with Crippen molar-refractivity contribution in [3.05, 3.63) is 64.5 Å². The number of carbonyl (C=O) groups excluding carboxylic acids is 2. The highest BCUT2D eigenvalue weighted by molar-refractivity contribution is 6.15. The molecule has 3 rings (SSSR count). The topological polar surface area (TPSA) is 47.0 Å². The molecule has 1 saturated carbocycles. The van der Waals surface area contributed by atoms with E-state index in [2.05, 4.69) is 17.1 Å². The Morgan fingerprint density at radius 1 is 1.09 bits per heavy atom. The lowest BCUT2D eigenvalue weighted by Gasteiger charge is -2.16. The molecular formula is C20H21NO2. The van der Waals surface area contributed by atoms with Gasteiger partial charge in [-0.2, -0.15) is 0 Å². The fourth-order valence-electron chi connectivity index (χ4n) is 3.75. The first-order valence-electron chi connectivity index (χ1n) is 8.01. The quantitative estimate of drug-likeness (QED) is 0.816. The smallest absolute Gasteiger partial charge is 0.151 e. The number of carbonyl (C=O) groups is 2. The van der Waals surface area contributed by atoms with E-state index in [9.17, 15) is 9.59 Å². The summed E-state index contributed by atoms with van der Waals surface area (Å²) >= 11 is 0. The van der Waals surface area contributed by atoms with Crippen LogP contribution in [-0.4, -0.2) is 16.6 Å². The highest BCUT2D eigenvalue weighted by atomic mass is 16.2. The van der Waals surface area contributed by atoms with Crippen molar-refractivity contribution in [2.75, 3.05) is 0 Å². The second-order valence-corrected chi connectivity index (χ2v) is 6.54. The normalized spacial score (nSPS) is 21.0. The summed E-state index contributed by atoms with van der Waals surface area (Å²) in [5.41, 5.74) is 5.01. The number of aromatic nitrogens is 1. The number of nitrogens with zero attached hydrogens (tertiary/aromatic N) is 1. The molecule has 23 heavy (non-hydrogen) atoms. The lowest BCUT2D eigenvalue weighted by Crippen LogP contribution is -2.19. The first-order valence-corrected chi connectivity index (χ1v) is 8.01. The van der Waals surface area contributed by atoms with E-state index in [-0.39, 0.29) is 17.5 Å². The van der Waals surface area contributed by atoms with Gasteiger partial charge in [-0.05, 0) is 56.0 Å². The van der Waals surface area contributed by atoms with Crippen LogP contribution in [0.1, 0.15) is 40.3 Å². The molecule has 3 heteroatoms. The molecule has 1 aromatic heterocycles. The second kappa shape index (κ2) is 6.07. The number of benzene rings is 1. The van der Waals surface area contributed by atoms with E-state index in [0.717, 1.165) is 27.9 Å². The molecule has 1 aliphatic carbocycles. The predicted molar refractivity (Wildman–Crippen MR) is 89.5 cm³/mol. The summed E-state index contributed by atoms with van der Waals surface area (Å²) in [6, 6.07) is 9.78. The lowest BCUT2D eigenvalue weighted by molar-refractivity contribution is -0.124. The van der Waals surface area contributed by atoms with Gasteiger partial charge in [0.1, 0.15) is 11.7 Å². The maximum absolute atomic E-state index is 12.9. The number of ketones is 2. The van der Waals surface area contributed by atoms with Gasteiger partial charge in [0.15, 0.2) is 5.78 Å². The Labute approximate surface area is 136 Å². The van der Waals surface area contributed by atoms with Crippen molar-refractivity contribution in [1.29, 1.82) is 0 Å². The van der Waals surface area contributed by atoms with Gasteiger partial charge in [-0.15, -0.1) is 0 Å². The molecule has 0 radical (unpaired) electrons. The molecule has 1 aliphatic rings. The number of Topliss-reactive ketones (excluding diaryl/α,β-unsaturated/α-hetero) is 2. The Kier molecular flexibility index (Phi) is 4.12. The van der Waals surface area contributed by atoms with E-state index in [1.54, 1.807) is 6.20 Å². The Balaban J connectivity index is 1.91. The average Bonchev–Trinajstić information content (AvgIpc) is 2.75. The molecule has 2 atom stereocenters. The maximum Gasteiger partial charge on any atom is 0.151 e. The minimum absolute atomic E-state index is 0.0472. The third kappa shape index (κ3) is 2.96. The van der Waals surface area contributed by atoms with Gasteiger partial charge in [0, 0.05) is 24.2 Å². The van der Waals surface area contributed by atoms with Crippen molar-refractivity contribution in [2.24, 2.45) is 5.92 Å². The van der Waals surface area contributed by atoms with Gasteiger partial charge in [0.25, 0.3) is 0 Å². The molecule has 2 aromatic rings. The van der Waals surface area contributed by atoms with Crippen LogP contribution in [0.25, 0.3) is 0 Å². The summed E-state index contributed by atoms with van der Waals surface area (Å²) in [5, 5.41) is 0. The van der Waals surface area contributed by atoms with Crippen molar-refractivity contribution in [3.63, 3.8) is 0 Å². The van der Waals surface area contributed by atoms with E-state index in [4.69, 9.17) is 0 Å². The zero-order chi connectivity index (χ0) is 16.6. The molecule has 1 heterocycles. The summed E-state index contributed by atoms with van der Waals surface area (Å²) in [6.45, 7) is 6.01. The summed E-state index contributed by atoms with van der Waals surface area (Å²) < 4.78 is 0. The first kappa shape index (κ1) is 15.6. The zero-order valence-electron chi connectivity index (χ0n) is 13.8. The molecule has 3 nitrogen and oxygen atoms in total. The van der Waals surface area contributed by atoms with E-state index >= 15 is 0 Å². The van der Waals surface area contributed by atoms with Gasteiger partial charge in [-0.1, -0.05) is 23.8 Å². The first-order chi connectivity index (χ1) is 11.0. The molecule has 1 aromatic carbocycles. The van der Waals surface area contributed by atoms with Crippen molar-refractivity contribution < 1.29 is 9.59 Å².